The van der Waals surface area contributed by atoms with Crippen LogP contribution in [0, 0.1) is 11.3 Å². The molecule has 3 nitrogen and oxygen atoms in total. The molecule has 0 bridgehead atoms. The number of aliphatic hydroxyl groups excluding tert-OH is 1. The van der Waals surface area contributed by atoms with Gasteiger partial charge in [-0.25, -0.2) is 0 Å². The molecule has 0 aromatic rings. The van der Waals surface area contributed by atoms with Crippen molar-refractivity contribution >= 4 is 0 Å². The normalized spacial score (nSPS) is 28.1. The van der Waals surface area contributed by atoms with Gasteiger partial charge in [-0.05, 0) is 24.2 Å². The first-order valence-electron chi connectivity index (χ1n) is 6.85. The molecule has 3 atom stereocenters. The Kier molecular flexibility index (Phi) is 5.90. The van der Waals surface area contributed by atoms with E-state index >= 15 is 0 Å². The predicted molar refractivity (Wildman–Crippen MR) is 71.1 cm³/mol. The summed E-state index contributed by atoms with van der Waals surface area (Å²) >= 11 is 0. The Bertz CT molecular complexity index is 213. The number of methoxy groups -OCH3 is 1. The van der Waals surface area contributed by atoms with Crippen molar-refractivity contribution in [3.05, 3.63) is 0 Å². The summed E-state index contributed by atoms with van der Waals surface area (Å²) in [4.78, 5) is 0. The molecule has 0 aromatic heterocycles. The Morgan fingerprint density at radius 3 is 2.47 bits per heavy atom. The van der Waals surface area contributed by atoms with Gasteiger partial charge in [0.05, 0.1) is 19.3 Å². The number of hydrogen-bond acceptors (Lipinski definition) is 3. The Morgan fingerprint density at radius 1 is 1.29 bits per heavy atom. The molecule has 3 heteroatoms. The van der Waals surface area contributed by atoms with Crippen LogP contribution in [0.3, 0.4) is 0 Å². The largest absolute Gasteiger partial charge is 0.395 e. The van der Waals surface area contributed by atoms with Gasteiger partial charge in [-0.3, -0.25) is 0 Å². The van der Waals surface area contributed by atoms with Crippen LogP contribution in [0.15, 0.2) is 0 Å². The Morgan fingerprint density at radius 2 is 1.94 bits per heavy atom. The molecule has 0 aliphatic heterocycles. The van der Waals surface area contributed by atoms with Gasteiger partial charge in [0.1, 0.15) is 0 Å². The van der Waals surface area contributed by atoms with Crippen LogP contribution >= 0.6 is 0 Å². The fraction of sp³-hybridized carbons (Fsp3) is 1.00. The summed E-state index contributed by atoms with van der Waals surface area (Å²) < 4.78 is 5.13. The Labute approximate surface area is 106 Å². The van der Waals surface area contributed by atoms with Crippen molar-refractivity contribution in [3.8, 4) is 0 Å². The molecular weight excluding hydrogens is 214 g/mol. The smallest absolute Gasteiger partial charge is 0.0638 e. The summed E-state index contributed by atoms with van der Waals surface area (Å²) in [6.45, 7) is 7.71. The number of ether oxygens (including phenoxy) is 1. The molecule has 2 N–H and O–H groups in total. The molecule has 3 unspecified atom stereocenters. The van der Waals surface area contributed by atoms with Gasteiger partial charge in [0.2, 0.25) is 0 Å². The molecule has 0 aromatic carbocycles. The van der Waals surface area contributed by atoms with Crippen molar-refractivity contribution in [1.29, 1.82) is 0 Å². The Balaban J connectivity index is 2.58. The molecule has 1 aliphatic carbocycles. The molecule has 0 saturated heterocycles. The van der Waals surface area contributed by atoms with E-state index in [1.165, 1.54) is 25.7 Å². The van der Waals surface area contributed by atoms with E-state index in [1.54, 1.807) is 7.11 Å². The molecule has 102 valence electrons. The van der Waals surface area contributed by atoms with Crippen molar-refractivity contribution in [1.82, 2.24) is 5.32 Å². The first-order valence-corrected chi connectivity index (χ1v) is 6.85. The van der Waals surface area contributed by atoms with Gasteiger partial charge in [0, 0.05) is 13.2 Å². The molecule has 0 amide bonds. The highest BCUT2D eigenvalue weighted by atomic mass is 16.5. The summed E-state index contributed by atoms with van der Waals surface area (Å²) in [5.41, 5.74) is 0.338. The minimum Gasteiger partial charge on any atom is -0.395 e. The average molecular weight is 243 g/mol. The number of nitrogens with one attached hydrogen (secondary N) is 1. The zero-order valence-corrected chi connectivity index (χ0v) is 11.8. The highest BCUT2D eigenvalue weighted by Crippen LogP contribution is 2.38. The molecule has 1 rings (SSSR count). The van der Waals surface area contributed by atoms with Crippen molar-refractivity contribution in [2.45, 2.75) is 58.5 Å². The third-order valence-electron chi connectivity index (χ3n) is 3.92. The van der Waals surface area contributed by atoms with Crippen LogP contribution in [0.2, 0.25) is 0 Å². The first kappa shape index (κ1) is 14.9. The molecule has 1 fully saturated rings. The first-order chi connectivity index (χ1) is 7.99. The SMILES string of the molecule is COCC(CO)NC1CCCCC1C(C)(C)C. The van der Waals surface area contributed by atoms with Crippen LogP contribution in [0.1, 0.15) is 46.5 Å². The van der Waals surface area contributed by atoms with Crippen LogP contribution in [0.25, 0.3) is 0 Å². The van der Waals surface area contributed by atoms with Crippen molar-refractivity contribution in [2.24, 2.45) is 11.3 Å². The van der Waals surface area contributed by atoms with Gasteiger partial charge in [-0.1, -0.05) is 33.6 Å². The van der Waals surface area contributed by atoms with Gasteiger partial charge >= 0.3 is 0 Å². The number of hydrogen-bond donors (Lipinski definition) is 2. The second-order valence-electron chi connectivity index (χ2n) is 6.36. The van der Waals surface area contributed by atoms with Gasteiger partial charge < -0.3 is 15.2 Å². The van der Waals surface area contributed by atoms with E-state index in [0.29, 0.717) is 24.0 Å². The zero-order chi connectivity index (χ0) is 12.9. The van der Waals surface area contributed by atoms with Crippen molar-refractivity contribution in [2.75, 3.05) is 20.3 Å². The number of rotatable bonds is 5. The highest BCUT2D eigenvalue weighted by molar-refractivity contribution is 4.89. The lowest BCUT2D eigenvalue weighted by molar-refractivity contribution is 0.0806. The zero-order valence-electron chi connectivity index (χ0n) is 11.8. The lowest BCUT2D eigenvalue weighted by Crippen LogP contribution is -2.50. The van der Waals surface area contributed by atoms with Crippen LogP contribution in [-0.4, -0.2) is 37.5 Å². The van der Waals surface area contributed by atoms with E-state index in [9.17, 15) is 5.11 Å². The third-order valence-corrected chi connectivity index (χ3v) is 3.92. The van der Waals surface area contributed by atoms with Crippen LogP contribution < -0.4 is 5.32 Å². The Hall–Kier alpha value is -0.120. The van der Waals surface area contributed by atoms with E-state index in [4.69, 9.17) is 4.74 Å². The lowest BCUT2D eigenvalue weighted by atomic mass is 9.69. The van der Waals surface area contributed by atoms with E-state index in [-0.39, 0.29) is 12.6 Å². The fourth-order valence-corrected chi connectivity index (χ4v) is 3.02. The fourth-order valence-electron chi connectivity index (χ4n) is 3.02. The maximum Gasteiger partial charge on any atom is 0.0638 e. The van der Waals surface area contributed by atoms with Crippen molar-refractivity contribution in [3.63, 3.8) is 0 Å². The van der Waals surface area contributed by atoms with Crippen LogP contribution in [-0.2, 0) is 4.74 Å². The molecular formula is C14H29NO2. The second kappa shape index (κ2) is 6.72. The predicted octanol–water partition coefficient (Wildman–Crippen LogP) is 2.19. The molecule has 0 heterocycles. The topological polar surface area (TPSA) is 41.5 Å². The van der Waals surface area contributed by atoms with Gasteiger partial charge in [0.15, 0.2) is 0 Å². The van der Waals surface area contributed by atoms with E-state index in [1.807, 2.05) is 0 Å². The summed E-state index contributed by atoms with van der Waals surface area (Å²) in [5, 5.41) is 12.9. The monoisotopic (exact) mass is 243 g/mol. The second-order valence-corrected chi connectivity index (χ2v) is 6.36. The van der Waals surface area contributed by atoms with Crippen molar-refractivity contribution < 1.29 is 9.84 Å². The maximum absolute atomic E-state index is 9.33. The molecule has 1 saturated carbocycles. The maximum atomic E-state index is 9.33. The molecule has 0 spiro atoms. The summed E-state index contributed by atoms with van der Waals surface area (Å²) in [6.07, 6.45) is 5.16. The lowest BCUT2D eigenvalue weighted by Gasteiger charge is -2.42. The van der Waals surface area contributed by atoms with Crippen LogP contribution in [0.4, 0.5) is 0 Å². The van der Waals surface area contributed by atoms with E-state index < -0.39 is 0 Å². The third kappa shape index (κ3) is 4.57. The number of aliphatic hydroxyl groups is 1. The molecule has 1 aliphatic rings. The molecule has 0 radical (unpaired) electrons. The van der Waals surface area contributed by atoms with Gasteiger partial charge in [0.25, 0.3) is 0 Å². The minimum absolute atomic E-state index is 0.0768. The molecule has 17 heavy (non-hydrogen) atoms. The average Bonchev–Trinajstić information content (AvgIpc) is 2.27. The summed E-state index contributed by atoms with van der Waals surface area (Å²) in [5.74, 6) is 0.696. The highest BCUT2D eigenvalue weighted by Gasteiger charge is 2.34. The van der Waals surface area contributed by atoms with E-state index in [2.05, 4.69) is 26.1 Å². The summed E-state index contributed by atoms with van der Waals surface area (Å²) in [7, 11) is 1.69. The van der Waals surface area contributed by atoms with Gasteiger partial charge in [-0.15, -0.1) is 0 Å². The van der Waals surface area contributed by atoms with Crippen LogP contribution in [0.5, 0.6) is 0 Å². The summed E-state index contributed by atoms with van der Waals surface area (Å²) in [6, 6.07) is 0.601. The minimum atomic E-state index is 0.0768. The van der Waals surface area contributed by atoms with Gasteiger partial charge in [-0.2, -0.15) is 0 Å². The standard InChI is InChI=1S/C14H29NO2/c1-14(2,3)12-7-5-6-8-13(12)15-11(9-16)10-17-4/h11-13,15-16H,5-10H2,1-4H3. The van der Waals surface area contributed by atoms with E-state index in [0.717, 1.165) is 0 Å². The quantitative estimate of drug-likeness (QED) is 0.778.